The Morgan fingerprint density at radius 2 is 2.26 bits per heavy atom. The minimum Gasteiger partial charge on any atom is -0.336 e. The second kappa shape index (κ2) is 6.32. The molecule has 0 unspecified atom stereocenters. The molecule has 0 aliphatic heterocycles. The first-order valence-electron chi connectivity index (χ1n) is 5.58. The molecule has 2 rings (SSSR count). The Bertz CT molecular complexity index is 614. The maximum Gasteiger partial charge on any atom is 0.255 e. The van der Waals surface area contributed by atoms with Crippen molar-refractivity contribution in [1.29, 1.82) is 0 Å². The zero-order chi connectivity index (χ0) is 14.0. The molecule has 1 aromatic carbocycles. The smallest absolute Gasteiger partial charge is 0.255 e. The highest BCUT2D eigenvalue weighted by Gasteiger charge is 2.16. The van der Waals surface area contributed by atoms with Crippen LogP contribution in [0.2, 0.25) is 0 Å². The predicted molar refractivity (Wildman–Crippen MR) is 89.5 cm³/mol. The van der Waals surface area contributed by atoms with Gasteiger partial charge >= 0.3 is 0 Å². The summed E-state index contributed by atoms with van der Waals surface area (Å²) in [6.45, 7) is 2.55. The number of halogens is 2. The lowest BCUT2D eigenvalue weighted by Gasteiger charge is -2.17. The Morgan fingerprint density at radius 1 is 1.53 bits per heavy atom. The quantitative estimate of drug-likeness (QED) is 0.660. The van der Waals surface area contributed by atoms with Gasteiger partial charge in [0.25, 0.3) is 5.91 Å². The molecule has 100 valence electrons. The summed E-state index contributed by atoms with van der Waals surface area (Å²) >= 11 is 7.22. The third-order valence-electron chi connectivity index (χ3n) is 2.73. The molecule has 0 aliphatic rings. The second-order valence-electron chi connectivity index (χ2n) is 4.15. The fourth-order valence-electron chi connectivity index (χ4n) is 1.63. The van der Waals surface area contributed by atoms with Crippen molar-refractivity contribution in [3.8, 4) is 0 Å². The lowest BCUT2D eigenvalue weighted by atomic mass is 10.2. The highest BCUT2D eigenvalue weighted by Crippen LogP contribution is 2.22. The van der Waals surface area contributed by atoms with Crippen molar-refractivity contribution in [2.75, 3.05) is 7.05 Å². The van der Waals surface area contributed by atoms with Gasteiger partial charge in [0.2, 0.25) is 0 Å². The van der Waals surface area contributed by atoms with Crippen LogP contribution in [0.3, 0.4) is 0 Å². The van der Waals surface area contributed by atoms with E-state index in [0.717, 1.165) is 18.6 Å². The second-order valence-corrected chi connectivity index (χ2v) is 7.19. The topological polar surface area (TPSA) is 33.2 Å². The van der Waals surface area contributed by atoms with Gasteiger partial charge in [-0.15, -0.1) is 11.3 Å². The fourth-order valence-corrected chi connectivity index (χ4v) is 3.37. The van der Waals surface area contributed by atoms with Crippen LogP contribution < -0.4 is 0 Å². The molecule has 1 amide bonds. The standard InChI is InChI=1S/C13H12BrIN2OS/c1-8-12(19-7-16-8)6-17(2)13(18)10-5-9(15)3-4-11(10)14/h3-5,7H,6H2,1-2H3. The van der Waals surface area contributed by atoms with E-state index in [1.165, 1.54) is 0 Å². The van der Waals surface area contributed by atoms with Gasteiger partial charge in [-0.1, -0.05) is 0 Å². The van der Waals surface area contributed by atoms with Crippen molar-refractivity contribution in [2.24, 2.45) is 0 Å². The first-order chi connectivity index (χ1) is 8.99. The number of benzene rings is 1. The highest BCUT2D eigenvalue weighted by molar-refractivity contribution is 14.1. The summed E-state index contributed by atoms with van der Waals surface area (Å²) < 4.78 is 1.87. The first-order valence-corrected chi connectivity index (χ1v) is 8.33. The Morgan fingerprint density at radius 3 is 2.89 bits per heavy atom. The number of thiazole rings is 1. The third kappa shape index (κ3) is 3.55. The minimum absolute atomic E-state index is 0.0122. The molecule has 0 saturated carbocycles. The lowest BCUT2D eigenvalue weighted by Crippen LogP contribution is -2.26. The summed E-state index contributed by atoms with van der Waals surface area (Å²) in [5, 5.41) is 0. The summed E-state index contributed by atoms with van der Waals surface area (Å²) in [6.07, 6.45) is 0. The van der Waals surface area contributed by atoms with Gasteiger partial charge in [0, 0.05) is 20.0 Å². The number of aromatic nitrogens is 1. The van der Waals surface area contributed by atoms with E-state index in [4.69, 9.17) is 0 Å². The van der Waals surface area contributed by atoms with Gasteiger partial charge in [-0.05, 0) is 63.6 Å². The summed E-state index contributed by atoms with van der Waals surface area (Å²) in [6, 6.07) is 5.76. The van der Waals surface area contributed by atoms with Gasteiger partial charge in [-0.3, -0.25) is 4.79 Å². The summed E-state index contributed by atoms with van der Waals surface area (Å²) in [4.78, 5) is 19.5. The molecule has 1 aromatic heterocycles. The largest absolute Gasteiger partial charge is 0.336 e. The number of carbonyl (C=O) groups excluding carboxylic acids is 1. The van der Waals surface area contributed by atoms with E-state index in [2.05, 4.69) is 43.5 Å². The van der Waals surface area contributed by atoms with E-state index in [1.54, 1.807) is 16.2 Å². The number of carbonyl (C=O) groups is 1. The van der Waals surface area contributed by atoms with Crippen LogP contribution in [0.5, 0.6) is 0 Å². The normalized spacial score (nSPS) is 10.5. The number of aryl methyl sites for hydroxylation is 1. The molecular formula is C13H12BrIN2OS. The van der Waals surface area contributed by atoms with Crippen molar-refractivity contribution < 1.29 is 4.79 Å². The number of nitrogens with zero attached hydrogens (tertiary/aromatic N) is 2. The summed E-state index contributed by atoms with van der Waals surface area (Å²) in [5.74, 6) is 0.0122. The molecule has 0 spiro atoms. The van der Waals surface area contributed by atoms with E-state index < -0.39 is 0 Å². The van der Waals surface area contributed by atoms with E-state index in [1.807, 2.05) is 37.7 Å². The van der Waals surface area contributed by atoms with Gasteiger partial charge in [-0.25, -0.2) is 4.98 Å². The maximum absolute atomic E-state index is 12.4. The van der Waals surface area contributed by atoms with Crippen LogP contribution in [-0.4, -0.2) is 22.8 Å². The van der Waals surface area contributed by atoms with E-state index in [0.29, 0.717) is 12.1 Å². The Balaban J connectivity index is 2.19. The van der Waals surface area contributed by atoms with Crippen LogP contribution in [0.15, 0.2) is 28.2 Å². The molecule has 0 saturated heterocycles. The highest BCUT2D eigenvalue weighted by atomic mass is 127. The van der Waals surface area contributed by atoms with E-state index in [-0.39, 0.29) is 5.91 Å². The Hall–Kier alpha value is -0.470. The number of hydrogen-bond acceptors (Lipinski definition) is 3. The summed E-state index contributed by atoms with van der Waals surface area (Å²) in [5.41, 5.74) is 3.49. The van der Waals surface area contributed by atoms with Crippen molar-refractivity contribution in [3.63, 3.8) is 0 Å². The van der Waals surface area contributed by atoms with Crippen LogP contribution >= 0.6 is 49.9 Å². The molecule has 2 aromatic rings. The van der Waals surface area contributed by atoms with Crippen molar-refractivity contribution >= 4 is 55.8 Å². The molecule has 1 heterocycles. The molecule has 0 N–H and O–H groups in total. The molecule has 3 nitrogen and oxygen atoms in total. The van der Waals surface area contributed by atoms with Gasteiger partial charge in [0.1, 0.15) is 0 Å². The molecule has 0 radical (unpaired) electrons. The Kier molecular flexibility index (Phi) is 4.97. The molecule has 19 heavy (non-hydrogen) atoms. The van der Waals surface area contributed by atoms with Crippen LogP contribution in [0.1, 0.15) is 20.9 Å². The zero-order valence-electron chi connectivity index (χ0n) is 10.5. The van der Waals surface area contributed by atoms with Crippen molar-refractivity contribution in [3.05, 3.63) is 47.9 Å². The zero-order valence-corrected chi connectivity index (χ0v) is 15.0. The maximum atomic E-state index is 12.4. The third-order valence-corrected chi connectivity index (χ3v) is 5.01. The minimum atomic E-state index is 0.0122. The lowest BCUT2D eigenvalue weighted by molar-refractivity contribution is 0.0785. The molecular weight excluding hydrogens is 439 g/mol. The van der Waals surface area contributed by atoms with E-state index in [9.17, 15) is 4.79 Å². The van der Waals surface area contributed by atoms with Crippen molar-refractivity contribution in [2.45, 2.75) is 13.5 Å². The average Bonchev–Trinajstić information content (AvgIpc) is 2.77. The van der Waals surface area contributed by atoms with Gasteiger partial charge < -0.3 is 4.90 Å². The van der Waals surface area contributed by atoms with Crippen LogP contribution in [0.4, 0.5) is 0 Å². The Labute approximate surface area is 138 Å². The summed E-state index contributed by atoms with van der Waals surface area (Å²) in [7, 11) is 1.81. The van der Waals surface area contributed by atoms with Gasteiger partial charge in [-0.2, -0.15) is 0 Å². The molecule has 0 atom stereocenters. The predicted octanol–water partition coefficient (Wildman–Crippen LogP) is 4.09. The molecule has 0 fully saturated rings. The van der Waals surface area contributed by atoms with E-state index >= 15 is 0 Å². The van der Waals surface area contributed by atoms with Crippen LogP contribution in [-0.2, 0) is 6.54 Å². The molecule has 0 bridgehead atoms. The molecule has 0 aliphatic carbocycles. The van der Waals surface area contributed by atoms with Gasteiger partial charge in [0.15, 0.2) is 0 Å². The average molecular weight is 451 g/mol. The van der Waals surface area contributed by atoms with Crippen LogP contribution in [0, 0.1) is 10.5 Å². The first kappa shape index (κ1) is 14.9. The van der Waals surface area contributed by atoms with Crippen molar-refractivity contribution in [1.82, 2.24) is 9.88 Å². The van der Waals surface area contributed by atoms with Gasteiger partial charge in [0.05, 0.1) is 23.3 Å². The SMILES string of the molecule is Cc1ncsc1CN(C)C(=O)c1cc(I)ccc1Br. The van der Waals surface area contributed by atoms with Crippen LogP contribution in [0.25, 0.3) is 0 Å². The fraction of sp³-hybridized carbons (Fsp3) is 0.231. The number of hydrogen-bond donors (Lipinski definition) is 0. The molecule has 6 heteroatoms. The number of rotatable bonds is 3. The number of amides is 1. The monoisotopic (exact) mass is 450 g/mol.